The average Bonchev–Trinajstić information content (AvgIpc) is 2.17. The lowest BCUT2D eigenvalue weighted by atomic mass is 10.4. The van der Waals surface area contributed by atoms with Crippen LogP contribution in [-0.4, -0.2) is 22.6 Å². The van der Waals surface area contributed by atoms with Gasteiger partial charge in [0, 0.05) is 5.75 Å². The summed E-state index contributed by atoms with van der Waals surface area (Å²) in [5.74, 6) is 1.63. The Bertz CT molecular complexity index is 314. The number of hydrogen-bond donors (Lipinski definition) is 0. The Morgan fingerprint density at radius 3 is 3.33 bits per heavy atom. The van der Waals surface area contributed by atoms with Crippen LogP contribution < -0.4 is 4.74 Å². The molecule has 1 aliphatic rings. The van der Waals surface area contributed by atoms with Crippen molar-refractivity contribution in [2.45, 2.75) is 4.90 Å². The quantitative estimate of drug-likeness (QED) is 0.657. The molecule has 1 aromatic heterocycles. The number of rotatable bonds is 1. The van der Waals surface area contributed by atoms with Crippen molar-refractivity contribution < 1.29 is 4.74 Å². The smallest absolute Gasteiger partial charge is 0.247 e. The van der Waals surface area contributed by atoms with Crippen LogP contribution in [0.5, 0.6) is 5.88 Å². The van der Waals surface area contributed by atoms with E-state index in [1.165, 1.54) is 0 Å². The predicted molar refractivity (Wildman–Crippen MR) is 48.3 cm³/mol. The molecule has 1 aliphatic heterocycles. The minimum atomic E-state index is 0.650. The molecule has 0 saturated carbocycles. The highest BCUT2D eigenvalue weighted by Gasteiger charge is 2.12. The molecule has 4 heteroatoms. The van der Waals surface area contributed by atoms with Crippen molar-refractivity contribution in [1.29, 1.82) is 0 Å². The minimum Gasteiger partial charge on any atom is -0.475 e. The Kier molecular flexibility index (Phi) is 1.99. The summed E-state index contributed by atoms with van der Waals surface area (Å²) in [7, 11) is 0. The van der Waals surface area contributed by atoms with E-state index < -0.39 is 0 Å². The molecule has 3 nitrogen and oxygen atoms in total. The fraction of sp³-hybridized carbons (Fsp3) is 0.250. The normalized spacial score (nSPS) is 14.7. The largest absolute Gasteiger partial charge is 0.475 e. The van der Waals surface area contributed by atoms with Crippen molar-refractivity contribution in [3.8, 4) is 5.88 Å². The van der Waals surface area contributed by atoms with Crippen LogP contribution >= 0.6 is 11.8 Å². The highest BCUT2D eigenvalue weighted by atomic mass is 32.2. The van der Waals surface area contributed by atoms with Gasteiger partial charge in [0.05, 0.1) is 17.2 Å². The van der Waals surface area contributed by atoms with Gasteiger partial charge in [-0.1, -0.05) is 6.58 Å². The van der Waals surface area contributed by atoms with Gasteiger partial charge in [0.15, 0.2) is 0 Å². The molecule has 0 radical (unpaired) electrons. The topological polar surface area (TPSA) is 35.0 Å². The average molecular weight is 180 g/mol. The summed E-state index contributed by atoms with van der Waals surface area (Å²) in [5.41, 5.74) is 0.798. The zero-order valence-electron chi connectivity index (χ0n) is 6.49. The molecule has 0 aliphatic carbocycles. The third-order valence-corrected chi connectivity index (χ3v) is 2.51. The summed E-state index contributed by atoms with van der Waals surface area (Å²) < 4.78 is 5.29. The summed E-state index contributed by atoms with van der Waals surface area (Å²) in [6.45, 7) is 4.35. The number of hydrogen-bond acceptors (Lipinski definition) is 4. The lowest BCUT2D eigenvalue weighted by molar-refractivity contribution is 0.311. The Labute approximate surface area is 74.8 Å². The number of fused-ring (bicyclic) bond motifs is 1. The van der Waals surface area contributed by atoms with Gasteiger partial charge < -0.3 is 4.74 Å². The van der Waals surface area contributed by atoms with E-state index in [9.17, 15) is 0 Å². The molecule has 0 fully saturated rings. The Morgan fingerprint density at radius 2 is 2.50 bits per heavy atom. The standard InChI is InChI=1S/C8H8N2OS/c1-2-6-5-7-8(10-9-6)11-3-4-12-7/h2,5H,1,3-4H2. The van der Waals surface area contributed by atoms with Gasteiger partial charge in [0.1, 0.15) is 0 Å². The first-order chi connectivity index (χ1) is 5.90. The molecule has 0 aromatic carbocycles. The van der Waals surface area contributed by atoms with Crippen LogP contribution in [0.1, 0.15) is 5.69 Å². The lowest BCUT2D eigenvalue weighted by Crippen LogP contribution is -2.09. The van der Waals surface area contributed by atoms with Crippen LogP contribution in [0.15, 0.2) is 17.5 Å². The fourth-order valence-corrected chi connectivity index (χ4v) is 1.78. The Balaban J connectivity index is 2.42. The van der Waals surface area contributed by atoms with Crippen molar-refractivity contribution in [3.05, 3.63) is 18.3 Å². The van der Waals surface area contributed by atoms with Gasteiger partial charge >= 0.3 is 0 Å². The maximum absolute atomic E-state index is 5.29. The van der Waals surface area contributed by atoms with Crippen LogP contribution in [0.25, 0.3) is 6.08 Å². The van der Waals surface area contributed by atoms with E-state index >= 15 is 0 Å². The molecule has 62 valence electrons. The van der Waals surface area contributed by atoms with Crippen LogP contribution in [-0.2, 0) is 0 Å². The first-order valence-electron chi connectivity index (χ1n) is 3.66. The summed E-state index contributed by atoms with van der Waals surface area (Å²) in [5, 5.41) is 7.83. The van der Waals surface area contributed by atoms with Crippen LogP contribution in [0.2, 0.25) is 0 Å². The van der Waals surface area contributed by atoms with Gasteiger partial charge in [-0.3, -0.25) is 0 Å². The van der Waals surface area contributed by atoms with Crippen molar-refractivity contribution in [2.75, 3.05) is 12.4 Å². The van der Waals surface area contributed by atoms with Gasteiger partial charge in [0.25, 0.3) is 0 Å². The van der Waals surface area contributed by atoms with Gasteiger partial charge in [-0.25, -0.2) is 0 Å². The first kappa shape index (κ1) is 7.61. The molecule has 0 amide bonds. The molecule has 2 rings (SSSR count). The second-order valence-electron chi connectivity index (χ2n) is 2.34. The molecule has 12 heavy (non-hydrogen) atoms. The van der Waals surface area contributed by atoms with E-state index in [0.717, 1.165) is 22.9 Å². The second-order valence-corrected chi connectivity index (χ2v) is 3.48. The first-order valence-corrected chi connectivity index (χ1v) is 4.64. The maximum atomic E-state index is 5.29. The number of aromatic nitrogens is 2. The van der Waals surface area contributed by atoms with Crippen molar-refractivity contribution in [3.63, 3.8) is 0 Å². The summed E-state index contributed by atoms with van der Waals surface area (Å²) >= 11 is 1.74. The Morgan fingerprint density at radius 1 is 1.58 bits per heavy atom. The van der Waals surface area contributed by atoms with Gasteiger partial charge in [0.2, 0.25) is 5.88 Å². The number of nitrogens with zero attached hydrogens (tertiary/aromatic N) is 2. The van der Waals surface area contributed by atoms with E-state index in [1.807, 2.05) is 6.07 Å². The van der Waals surface area contributed by atoms with Gasteiger partial charge in [-0.05, 0) is 12.1 Å². The van der Waals surface area contributed by atoms with E-state index in [4.69, 9.17) is 4.74 Å². The third kappa shape index (κ3) is 1.30. The molecule has 0 unspecified atom stereocenters. The molecular formula is C8H8N2OS. The van der Waals surface area contributed by atoms with Gasteiger partial charge in [-0.15, -0.1) is 22.0 Å². The molecule has 0 bridgehead atoms. The third-order valence-electron chi connectivity index (χ3n) is 1.53. The van der Waals surface area contributed by atoms with E-state index in [2.05, 4.69) is 16.8 Å². The fourth-order valence-electron chi connectivity index (χ4n) is 0.970. The van der Waals surface area contributed by atoms with Gasteiger partial charge in [-0.2, -0.15) is 0 Å². The van der Waals surface area contributed by atoms with Crippen LogP contribution in [0.3, 0.4) is 0 Å². The van der Waals surface area contributed by atoms with Crippen LogP contribution in [0, 0.1) is 0 Å². The highest BCUT2D eigenvalue weighted by Crippen LogP contribution is 2.30. The second kappa shape index (κ2) is 3.15. The molecule has 2 heterocycles. The number of thioether (sulfide) groups is 1. The SMILES string of the molecule is C=Cc1cc2c(nn1)OCCS2. The van der Waals surface area contributed by atoms with Crippen molar-refractivity contribution >= 4 is 17.8 Å². The monoisotopic (exact) mass is 180 g/mol. The van der Waals surface area contributed by atoms with Crippen molar-refractivity contribution in [2.24, 2.45) is 0 Å². The zero-order chi connectivity index (χ0) is 8.39. The highest BCUT2D eigenvalue weighted by molar-refractivity contribution is 7.99. The molecule has 0 spiro atoms. The summed E-state index contributed by atoms with van der Waals surface area (Å²) in [4.78, 5) is 1.06. The van der Waals surface area contributed by atoms with E-state index in [0.29, 0.717) is 5.88 Å². The zero-order valence-corrected chi connectivity index (χ0v) is 7.30. The van der Waals surface area contributed by atoms with E-state index in [1.54, 1.807) is 17.8 Å². The summed E-state index contributed by atoms with van der Waals surface area (Å²) in [6.07, 6.45) is 1.68. The molecule has 1 aromatic rings. The molecule has 0 N–H and O–H groups in total. The molecule has 0 saturated heterocycles. The molecular weight excluding hydrogens is 172 g/mol. The Hall–Kier alpha value is -1.03. The van der Waals surface area contributed by atoms with Crippen LogP contribution in [0.4, 0.5) is 0 Å². The summed E-state index contributed by atoms with van der Waals surface area (Å²) in [6, 6.07) is 1.94. The number of ether oxygens (including phenoxy) is 1. The maximum Gasteiger partial charge on any atom is 0.247 e. The lowest BCUT2D eigenvalue weighted by Gasteiger charge is -2.14. The van der Waals surface area contributed by atoms with E-state index in [-0.39, 0.29) is 0 Å². The van der Waals surface area contributed by atoms with Crippen molar-refractivity contribution in [1.82, 2.24) is 10.2 Å². The molecule has 0 atom stereocenters. The minimum absolute atomic E-state index is 0.650. The predicted octanol–water partition coefficient (Wildman–Crippen LogP) is 1.60.